The van der Waals surface area contributed by atoms with Crippen molar-refractivity contribution in [1.29, 1.82) is 0 Å². The van der Waals surface area contributed by atoms with Gasteiger partial charge in [-0.3, -0.25) is 9.59 Å². The largest absolute Gasteiger partial charge is 0.329 e. The lowest BCUT2D eigenvalue weighted by molar-refractivity contribution is -0.124. The van der Waals surface area contributed by atoms with Crippen LogP contribution in [0.5, 0.6) is 0 Å². The number of hydrogen-bond acceptors (Lipinski definition) is 2. The summed E-state index contributed by atoms with van der Waals surface area (Å²) >= 11 is 0. The zero-order chi connectivity index (χ0) is 14.5. The normalized spacial score (nSPS) is 11.2. The van der Waals surface area contributed by atoms with E-state index in [1.165, 1.54) is 0 Å². The number of hydrogen-bond donors (Lipinski definition) is 2. The maximum Gasteiger partial charge on any atom is 0.230 e. The number of anilines is 2. The van der Waals surface area contributed by atoms with Crippen LogP contribution in [-0.4, -0.2) is 12.3 Å². The van der Waals surface area contributed by atoms with Gasteiger partial charge in [0.2, 0.25) is 12.3 Å². The summed E-state index contributed by atoms with van der Waals surface area (Å²) in [6.45, 7) is 8.08. The van der Waals surface area contributed by atoms with E-state index < -0.39 is 5.41 Å². The van der Waals surface area contributed by atoms with Gasteiger partial charge in [-0.25, -0.2) is 0 Å². The molecule has 0 aromatic heterocycles. The Hall–Kier alpha value is -1.84. The van der Waals surface area contributed by atoms with Gasteiger partial charge in [0.25, 0.3) is 0 Å². The van der Waals surface area contributed by atoms with E-state index in [-0.39, 0.29) is 5.91 Å². The standard InChI is InChI=1S/C15H22N2O2/c1-11(2)9-15(3,4)14(19)17-13-7-5-6-12(8-13)16-10-18/h5-8,10-11H,9H2,1-4H3,(H,16,18)(H,17,19). The molecule has 0 saturated carbocycles. The molecular weight excluding hydrogens is 240 g/mol. The smallest absolute Gasteiger partial charge is 0.230 e. The van der Waals surface area contributed by atoms with Gasteiger partial charge < -0.3 is 10.6 Å². The van der Waals surface area contributed by atoms with Crippen molar-refractivity contribution in [2.75, 3.05) is 10.6 Å². The highest BCUT2D eigenvalue weighted by atomic mass is 16.2. The van der Waals surface area contributed by atoms with Gasteiger partial charge in [0.15, 0.2) is 0 Å². The quantitative estimate of drug-likeness (QED) is 0.773. The number of amides is 2. The van der Waals surface area contributed by atoms with Crippen LogP contribution in [0.4, 0.5) is 11.4 Å². The van der Waals surface area contributed by atoms with Gasteiger partial charge in [0.05, 0.1) is 0 Å². The van der Waals surface area contributed by atoms with E-state index in [2.05, 4.69) is 24.5 Å². The maximum absolute atomic E-state index is 12.2. The third-order valence-electron chi connectivity index (χ3n) is 2.88. The first-order valence-corrected chi connectivity index (χ1v) is 6.47. The van der Waals surface area contributed by atoms with E-state index in [0.717, 1.165) is 6.42 Å². The summed E-state index contributed by atoms with van der Waals surface area (Å²) < 4.78 is 0. The van der Waals surface area contributed by atoms with Crippen molar-refractivity contribution in [3.05, 3.63) is 24.3 Å². The van der Waals surface area contributed by atoms with Gasteiger partial charge in [-0.05, 0) is 30.5 Å². The third-order valence-corrected chi connectivity index (χ3v) is 2.88. The summed E-state index contributed by atoms with van der Waals surface area (Å²) in [5.41, 5.74) is 0.936. The molecule has 0 atom stereocenters. The van der Waals surface area contributed by atoms with Crippen molar-refractivity contribution >= 4 is 23.7 Å². The van der Waals surface area contributed by atoms with Crippen LogP contribution < -0.4 is 10.6 Å². The van der Waals surface area contributed by atoms with E-state index in [1.807, 2.05) is 13.8 Å². The third kappa shape index (κ3) is 4.73. The molecule has 0 fully saturated rings. The Kier molecular flexibility index (Phi) is 5.10. The van der Waals surface area contributed by atoms with E-state index in [0.29, 0.717) is 23.7 Å². The van der Waals surface area contributed by atoms with Crippen molar-refractivity contribution < 1.29 is 9.59 Å². The van der Waals surface area contributed by atoms with Crippen molar-refractivity contribution in [3.63, 3.8) is 0 Å². The molecule has 0 bridgehead atoms. The highest BCUT2D eigenvalue weighted by molar-refractivity contribution is 5.95. The van der Waals surface area contributed by atoms with Crippen molar-refractivity contribution in [2.24, 2.45) is 11.3 Å². The number of benzene rings is 1. The summed E-state index contributed by atoms with van der Waals surface area (Å²) in [7, 11) is 0. The molecule has 0 saturated heterocycles. The SMILES string of the molecule is CC(C)CC(C)(C)C(=O)Nc1cccc(NC=O)c1. The molecule has 0 aliphatic heterocycles. The van der Waals surface area contributed by atoms with E-state index in [9.17, 15) is 9.59 Å². The van der Waals surface area contributed by atoms with Crippen LogP contribution in [0.3, 0.4) is 0 Å². The van der Waals surface area contributed by atoms with Crippen molar-refractivity contribution in [3.8, 4) is 0 Å². The van der Waals surface area contributed by atoms with Crippen LogP contribution in [0.1, 0.15) is 34.1 Å². The highest BCUT2D eigenvalue weighted by Gasteiger charge is 2.28. The van der Waals surface area contributed by atoms with Gasteiger partial charge in [-0.15, -0.1) is 0 Å². The van der Waals surface area contributed by atoms with Crippen LogP contribution in [0.15, 0.2) is 24.3 Å². The molecule has 0 spiro atoms. The summed E-state index contributed by atoms with van der Waals surface area (Å²) in [6, 6.07) is 7.09. The Morgan fingerprint density at radius 2 is 1.95 bits per heavy atom. The molecule has 1 aromatic rings. The van der Waals surface area contributed by atoms with Crippen LogP contribution in [-0.2, 0) is 9.59 Å². The molecule has 0 aliphatic rings. The zero-order valence-electron chi connectivity index (χ0n) is 12.0. The first-order valence-electron chi connectivity index (χ1n) is 6.47. The Morgan fingerprint density at radius 1 is 1.32 bits per heavy atom. The van der Waals surface area contributed by atoms with Gasteiger partial charge >= 0.3 is 0 Å². The average Bonchev–Trinajstić information content (AvgIpc) is 2.28. The molecule has 1 aromatic carbocycles. The summed E-state index contributed by atoms with van der Waals surface area (Å²) in [5.74, 6) is 0.452. The molecule has 0 radical (unpaired) electrons. The summed E-state index contributed by atoms with van der Waals surface area (Å²) in [6.07, 6.45) is 1.44. The lowest BCUT2D eigenvalue weighted by Gasteiger charge is -2.25. The number of nitrogens with one attached hydrogen (secondary N) is 2. The highest BCUT2D eigenvalue weighted by Crippen LogP contribution is 2.27. The number of carbonyl (C=O) groups is 2. The minimum atomic E-state index is -0.414. The minimum absolute atomic E-state index is 0.00977. The fourth-order valence-electron chi connectivity index (χ4n) is 2.17. The van der Waals surface area contributed by atoms with E-state index >= 15 is 0 Å². The second-order valence-electron chi connectivity index (χ2n) is 5.78. The van der Waals surface area contributed by atoms with Gasteiger partial charge in [-0.1, -0.05) is 33.8 Å². The second-order valence-corrected chi connectivity index (χ2v) is 5.78. The fourth-order valence-corrected chi connectivity index (χ4v) is 2.17. The first kappa shape index (κ1) is 15.2. The molecule has 0 heterocycles. The molecule has 0 aliphatic carbocycles. The summed E-state index contributed by atoms with van der Waals surface area (Å²) in [5, 5.41) is 5.45. The summed E-state index contributed by atoms with van der Waals surface area (Å²) in [4.78, 5) is 22.6. The topological polar surface area (TPSA) is 58.2 Å². The number of carbonyl (C=O) groups excluding carboxylic acids is 2. The van der Waals surface area contributed by atoms with Crippen LogP contribution in [0, 0.1) is 11.3 Å². The second kappa shape index (κ2) is 6.36. The monoisotopic (exact) mass is 262 g/mol. The molecule has 2 N–H and O–H groups in total. The Labute approximate surface area is 114 Å². The first-order chi connectivity index (χ1) is 8.85. The zero-order valence-corrected chi connectivity index (χ0v) is 12.0. The molecule has 4 heteroatoms. The lowest BCUT2D eigenvalue weighted by Crippen LogP contribution is -2.32. The van der Waals surface area contributed by atoms with E-state index in [1.54, 1.807) is 24.3 Å². The molecule has 4 nitrogen and oxygen atoms in total. The Bertz CT molecular complexity index is 453. The molecule has 0 unspecified atom stereocenters. The lowest BCUT2D eigenvalue weighted by atomic mass is 9.83. The molecule has 104 valence electrons. The molecule has 19 heavy (non-hydrogen) atoms. The molecule has 2 amide bonds. The van der Waals surface area contributed by atoms with Crippen molar-refractivity contribution in [2.45, 2.75) is 34.1 Å². The Morgan fingerprint density at radius 3 is 2.53 bits per heavy atom. The van der Waals surface area contributed by atoms with Gasteiger partial charge in [-0.2, -0.15) is 0 Å². The van der Waals surface area contributed by atoms with Crippen LogP contribution >= 0.6 is 0 Å². The Balaban J connectivity index is 2.76. The van der Waals surface area contributed by atoms with Crippen LogP contribution in [0.2, 0.25) is 0 Å². The van der Waals surface area contributed by atoms with Crippen LogP contribution in [0.25, 0.3) is 0 Å². The predicted molar refractivity (Wildman–Crippen MR) is 78.0 cm³/mol. The fraction of sp³-hybridized carbons (Fsp3) is 0.467. The average molecular weight is 262 g/mol. The molecular formula is C15H22N2O2. The number of rotatable bonds is 6. The molecule has 1 rings (SSSR count). The maximum atomic E-state index is 12.2. The van der Waals surface area contributed by atoms with Gasteiger partial charge in [0.1, 0.15) is 0 Å². The van der Waals surface area contributed by atoms with Crippen molar-refractivity contribution in [1.82, 2.24) is 0 Å². The van der Waals surface area contributed by atoms with E-state index in [4.69, 9.17) is 0 Å². The van der Waals surface area contributed by atoms with Gasteiger partial charge in [0, 0.05) is 16.8 Å². The predicted octanol–water partition coefficient (Wildman–Crippen LogP) is 3.27. The minimum Gasteiger partial charge on any atom is -0.329 e.